The molecule has 0 bridgehead atoms. The van der Waals surface area contributed by atoms with Gasteiger partial charge >= 0.3 is 6.18 Å². The second kappa shape index (κ2) is 7.01. The molecule has 2 N–H and O–H groups in total. The lowest BCUT2D eigenvalue weighted by Crippen LogP contribution is -2.15. The molecule has 0 saturated carbocycles. The van der Waals surface area contributed by atoms with Crippen LogP contribution in [0.2, 0.25) is 0 Å². The number of nitrogen functional groups attached to an aromatic ring is 1. The standard InChI is InChI=1S/C24H22F3N/c1-15-12-17-8-4-5-9-19(17)22(16-6-2-3-7-16)14-21(15)20-11-10-18(28)13-23(20)24(25,26)27/h2,4-11,13,21-22H,1,3,12,14,28H2. The lowest BCUT2D eigenvalue weighted by atomic mass is 9.79. The van der Waals surface area contributed by atoms with Crippen molar-refractivity contribution in [2.24, 2.45) is 0 Å². The van der Waals surface area contributed by atoms with Crippen LogP contribution in [0.15, 0.2) is 78.4 Å². The number of alkyl halides is 3. The Balaban J connectivity index is 1.84. The predicted octanol–water partition coefficient (Wildman–Crippen LogP) is 6.54. The Kier molecular flexibility index (Phi) is 4.66. The van der Waals surface area contributed by atoms with Crippen LogP contribution in [0.5, 0.6) is 0 Å². The van der Waals surface area contributed by atoms with Gasteiger partial charge in [0.15, 0.2) is 0 Å². The Morgan fingerprint density at radius 1 is 1.00 bits per heavy atom. The fourth-order valence-corrected chi connectivity index (χ4v) is 4.45. The van der Waals surface area contributed by atoms with Crippen LogP contribution in [0, 0.1) is 0 Å². The van der Waals surface area contributed by atoms with E-state index in [0.29, 0.717) is 12.8 Å². The maximum Gasteiger partial charge on any atom is 0.416 e. The summed E-state index contributed by atoms with van der Waals surface area (Å²) in [7, 11) is 0. The zero-order valence-corrected chi connectivity index (χ0v) is 15.5. The molecule has 2 aromatic rings. The van der Waals surface area contributed by atoms with E-state index in [1.165, 1.54) is 17.2 Å². The second-order valence-electron chi connectivity index (χ2n) is 7.56. The van der Waals surface area contributed by atoms with E-state index in [2.05, 4.69) is 36.9 Å². The highest BCUT2D eigenvalue weighted by Gasteiger charge is 2.38. The van der Waals surface area contributed by atoms with Crippen LogP contribution in [0.4, 0.5) is 18.9 Å². The number of nitrogens with two attached hydrogens (primary N) is 1. The Bertz CT molecular complexity index is 982. The van der Waals surface area contributed by atoms with E-state index in [1.807, 2.05) is 12.1 Å². The summed E-state index contributed by atoms with van der Waals surface area (Å²) in [6.07, 6.45) is 3.92. The van der Waals surface area contributed by atoms with E-state index < -0.39 is 11.7 Å². The van der Waals surface area contributed by atoms with Gasteiger partial charge in [-0.3, -0.25) is 0 Å². The summed E-state index contributed by atoms with van der Waals surface area (Å²) in [5, 5.41) is 0. The van der Waals surface area contributed by atoms with Crippen LogP contribution >= 0.6 is 0 Å². The number of hydrogen-bond donors (Lipinski definition) is 1. The van der Waals surface area contributed by atoms with Gasteiger partial charge in [0.05, 0.1) is 5.56 Å². The smallest absolute Gasteiger partial charge is 0.399 e. The van der Waals surface area contributed by atoms with Crippen molar-refractivity contribution < 1.29 is 13.2 Å². The Hall–Kier alpha value is -2.75. The molecule has 0 saturated heterocycles. The highest BCUT2D eigenvalue weighted by Crippen LogP contribution is 2.48. The molecular weight excluding hydrogens is 359 g/mol. The third-order valence-corrected chi connectivity index (χ3v) is 5.77. The predicted molar refractivity (Wildman–Crippen MR) is 107 cm³/mol. The van der Waals surface area contributed by atoms with E-state index in [1.54, 1.807) is 6.07 Å². The van der Waals surface area contributed by atoms with Gasteiger partial charge in [-0.1, -0.05) is 60.7 Å². The molecule has 0 amide bonds. The molecule has 2 aliphatic rings. The van der Waals surface area contributed by atoms with Crippen LogP contribution in [0.3, 0.4) is 0 Å². The zero-order valence-electron chi connectivity index (χ0n) is 15.5. The van der Waals surface area contributed by atoms with Crippen molar-refractivity contribution in [1.29, 1.82) is 0 Å². The number of allylic oxidation sites excluding steroid dienone is 5. The molecule has 144 valence electrons. The second-order valence-corrected chi connectivity index (χ2v) is 7.56. The van der Waals surface area contributed by atoms with E-state index in [0.717, 1.165) is 23.6 Å². The van der Waals surface area contributed by atoms with E-state index >= 15 is 0 Å². The number of rotatable bonds is 2. The number of benzene rings is 2. The van der Waals surface area contributed by atoms with Crippen molar-refractivity contribution >= 4 is 5.69 Å². The van der Waals surface area contributed by atoms with E-state index in [4.69, 9.17) is 5.73 Å². The molecular formula is C24H22F3N. The average Bonchev–Trinajstić information content (AvgIpc) is 3.13. The Morgan fingerprint density at radius 3 is 2.50 bits per heavy atom. The molecule has 28 heavy (non-hydrogen) atoms. The van der Waals surface area contributed by atoms with Crippen molar-refractivity contribution in [3.8, 4) is 0 Å². The zero-order chi connectivity index (χ0) is 19.9. The van der Waals surface area contributed by atoms with Crippen molar-refractivity contribution in [1.82, 2.24) is 0 Å². The minimum Gasteiger partial charge on any atom is -0.399 e. The monoisotopic (exact) mass is 381 g/mol. The summed E-state index contributed by atoms with van der Waals surface area (Å²) in [6, 6.07) is 12.3. The summed E-state index contributed by atoms with van der Waals surface area (Å²) < 4.78 is 41.3. The third-order valence-electron chi connectivity index (χ3n) is 5.77. The first kappa shape index (κ1) is 18.6. The summed E-state index contributed by atoms with van der Waals surface area (Å²) in [5.74, 6) is -0.331. The topological polar surface area (TPSA) is 26.0 Å². The molecule has 4 heteroatoms. The lowest BCUT2D eigenvalue weighted by molar-refractivity contribution is -0.138. The summed E-state index contributed by atoms with van der Waals surface area (Å²) in [6.45, 7) is 4.20. The minimum absolute atomic E-state index is 0.0536. The molecule has 4 rings (SSSR count). The molecule has 2 unspecified atom stereocenters. The average molecular weight is 381 g/mol. The Labute approximate surface area is 163 Å². The molecule has 0 heterocycles. The van der Waals surface area contributed by atoms with Gasteiger partial charge in [0.25, 0.3) is 0 Å². The van der Waals surface area contributed by atoms with Gasteiger partial charge in [-0.15, -0.1) is 0 Å². The summed E-state index contributed by atoms with van der Waals surface area (Å²) >= 11 is 0. The maximum atomic E-state index is 13.8. The van der Waals surface area contributed by atoms with Gasteiger partial charge < -0.3 is 5.73 Å². The molecule has 0 radical (unpaired) electrons. The fourth-order valence-electron chi connectivity index (χ4n) is 4.45. The molecule has 1 nitrogen and oxygen atoms in total. The number of fused-ring (bicyclic) bond motifs is 1. The minimum atomic E-state index is -4.45. The summed E-state index contributed by atoms with van der Waals surface area (Å²) in [5.41, 5.74) is 9.73. The van der Waals surface area contributed by atoms with Crippen LogP contribution in [0.25, 0.3) is 0 Å². The molecule has 2 atom stereocenters. The van der Waals surface area contributed by atoms with Crippen LogP contribution in [-0.2, 0) is 12.6 Å². The highest BCUT2D eigenvalue weighted by atomic mass is 19.4. The van der Waals surface area contributed by atoms with Crippen LogP contribution in [0.1, 0.15) is 46.9 Å². The molecule has 0 aliphatic heterocycles. The number of anilines is 1. The first-order valence-corrected chi connectivity index (χ1v) is 9.43. The molecule has 2 aliphatic carbocycles. The summed E-state index contributed by atoms with van der Waals surface area (Å²) in [4.78, 5) is 0. The number of hydrogen-bond acceptors (Lipinski definition) is 1. The van der Waals surface area contributed by atoms with Crippen molar-refractivity contribution in [2.75, 3.05) is 5.73 Å². The molecule has 0 aromatic heterocycles. The molecule has 0 spiro atoms. The van der Waals surface area contributed by atoms with E-state index in [-0.39, 0.29) is 23.1 Å². The van der Waals surface area contributed by atoms with Crippen molar-refractivity contribution in [2.45, 2.75) is 37.3 Å². The Morgan fingerprint density at radius 2 is 1.79 bits per heavy atom. The lowest BCUT2D eigenvalue weighted by Gasteiger charge is -2.26. The van der Waals surface area contributed by atoms with Gasteiger partial charge in [0, 0.05) is 17.5 Å². The van der Waals surface area contributed by atoms with Gasteiger partial charge in [0.2, 0.25) is 0 Å². The fraction of sp³-hybridized carbons (Fsp3) is 0.250. The van der Waals surface area contributed by atoms with Gasteiger partial charge in [-0.05, 0) is 53.7 Å². The van der Waals surface area contributed by atoms with Crippen molar-refractivity contribution in [3.05, 3.63) is 101 Å². The quantitative estimate of drug-likeness (QED) is 0.357. The highest BCUT2D eigenvalue weighted by molar-refractivity contribution is 5.52. The third kappa shape index (κ3) is 3.39. The SMILES string of the molecule is C=C1Cc2ccccc2C(C2=CCC=C2)CC1c1ccc(N)cc1C(F)(F)F. The van der Waals surface area contributed by atoms with Gasteiger partial charge in [-0.25, -0.2) is 0 Å². The molecule has 0 fully saturated rings. The largest absolute Gasteiger partial charge is 0.416 e. The van der Waals surface area contributed by atoms with Crippen LogP contribution < -0.4 is 5.73 Å². The van der Waals surface area contributed by atoms with E-state index in [9.17, 15) is 13.2 Å². The van der Waals surface area contributed by atoms with Crippen LogP contribution in [-0.4, -0.2) is 0 Å². The first-order valence-electron chi connectivity index (χ1n) is 9.43. The first-order chi connectivity index (χ1) is 13.3. The number of halogens is 3. The molecule has 2 aromatic carbocycles. The van der Waals surface area contributed by atoms with Gasteiger partial charge in [0.1, 0.15) is 0 Å². The normalized spacial score (nSPS) is 22.0. The maximum absolute atomic E-state index is 13.8. The van der Waals surface area contributed by atoms with Crippen molar-refractivity contribution in [3.63, 3.8) is 0 Å². The van der Waals surface area contributed by atoms with Gasteiger partial charge in [-0.2, -0.15) is 13.2 Å².